The van der Waals surface area contributed by atoms with Crippen LogP contribution >= 0.6 is 0 Å². The first kappa shape index (κ1) is 21.9. The minimum absolute atomic E-state index is 0.0388. The highest BCUT2D eigenvalue weighted by atomic mass is 19.4. The highest BCUT2D eigenvalue weighted by Gasteiger charge is 2.33. The normalized spacial score (nSPS) is 20.6. The molecule has 2 N–H and O–H groups in total. The summed E-state index contributed by atoms with van der Waals surface area (Å²) in [7, 11) is 0. The maximum absolute atomic E-state index is 12.7. The zero-order chi connectivity index (χ0) is 20.9. The molecule has 1 heterocycles. The van der Waals surface area contributed by atoms with Crippen LogP contribution in [0, 0.1) is 10.1 Å². The molecule has 1 aliphatic heterocycles. The summed E-state index contributed by atoms with van der Waals surface area (Å²) < 4.78 is 43.7. The van der Waals surface area contributed by atoms with E-state index in [0.29, 0.717) is 19.2 Å². The van der Waals surface area contributed by atoms with Crippen LogP contribution in [0.25, 0.3) is 0 Å². The molecule has 2 atom stereocenters. The molecule has 28 heavy (non-hydrogen) atoms. The van der Waals surface area contributed by atoms with Gasteiger partial charge in [-0.1, -0.05) is 0 Å². The first-order valence-electron chi connectivity index (χ1n) is 8.80. The first-order valence-corrected chi connectivity index (χ1v) is 8.80. The standard InChI is InChI=1S/C17H23F3N4O4/c1-11-8-23(9-12(2)28-11)10-16(25)22-6-5-21-14-4-3-13(17(18,19)20)7-15(14)24(26)27/h3-4,7,11-12,21H,5-6,8-10H2,1-2H3,(H,22,25)/t11-,12-/m1/s1. The Bertz CT molecular complexity index is 704. The number of ether oxygens (including phenoxy) is 1. The third-order valence-corrected chi connectivity index (χ3v) is 4.15. The maximum Gasteiger partial charge on any atom is 0.416 e. The maximum atomic E-state index is 12.7. The average Bonchev–Trinajstić information content (AvgIpc) is 2.56. The van der Waals surface area contributed by atoms with Gasteiger partial charge in [-0.3, -0.25) is 19.8 Å². The van der Waals surface area contributed by atoms with Gasteiger partial charge in [-0.05, 0) is 26.0 Å². The van der Waals surface area contributed by atoms with E-state index in [1.807, 2.05) is 18.7 Å². The van der Waals surface area contributed by atoms with Crippen LogP contribution in [0.4, 0.5) is 24.5 Å². The summed E-state index contributed by atoms with van der Waals surface area (Å²) in [5.74, 6) is -0.204. The Hall–Kier alpha value is -2.40. The highest BCUT2D eigenvalue weighted by molar-refractivity contribution is 5.78. The molecule has 1 aromatic rings. The van der Waals surface area contributed by atoms with Crippen LogP contribution < -0.4 is 10.6 Å². The van der Waals surface area contributed by atoms with Gasteiger partial charge >= 0.3 is 6.18 Å². The Labute approximate surface area is 160 Å². The van der Waals surface area contributed by atoms with Gasteiger partial charge in [0.25, 0.3) is 5.69 Å². The van der Waals surface area contributed by atoms with Crippen molar-refractivity contribution >= 4 is 17.3 Å². The zero-order valence-corrected chi connectivity index (χ0v) is 15.6. The zero-order valence-electron chi connectivity index (χ0n) is 15.6. The predicted octanol–water partition coefficient (Wildman–Crippen LogP) is 2.25. The molecule has 156 valence electrons. The molecule has 0 aliphatic carbocycles. The van der Waals surface area contributed by atoms with Gasteiger partial charge in [-0.2, -0.15) is 13.2 Å². The van der Waals surface area contributed by atoms with Gasteiger partial charge in [0.2, 0.25) is 5.91 Å². The smallest absolute Gasteiger partial charge is 0.378 e. The number of carbonyl (C=O) groups excluding carboxylic acids is 1. The fourth-order valence-electron chi connectivity index (χ4n) is 3.08. The third-order valence-electron chi connectivity index (χ3n) is 4.15. The number of alkyl halides is 3. The van der Waals surface area contributed by atoms with E-state index >= 15 is 0 Å². The molecule has 0 radical (unpaired) electrons. The van der Waals surface area contributed by atoms with Crippen molar-refractivity contribution in [1.29, 1.82) is 0 Å². The second-order valence-corrected chi connectivity index (χ2v) is 6.71. The summed E-state index contributed by atoms with van der Waals surface area (Å²) in [4.78, 5) is 24.1. The lowest BCUT2D eigenvalue weighted by Crippen LogP contribution is -2.49. The number of halogens is 3. The number of nitrogens with zero attached hydrogens (tertiary/aromatic N) is 2. The second kappa shape index (κ2) is 9.20. The molecule has 1 amide bonds. The minimum Gasteiger partial charge on any atom is -0.378 e. The van der Waals surface area contributed by atoms with Crippen molar-refractivity contribution < 1.29 is 27.6 Å². The number of hydrogen-bond donors (Lipinski definition) is 2. The fourth-order valence-corrected chi connectivity index (χ4v) is 3.08. The van der Waals surface area contributed by atoms with E-state index in [1.165, 1.54) is 0 Å². The number of nitro benzene ring substituents is 1. The molecule has 0 unspecified atom stereocenters. The van der Waals surface area contributed by atoms with Crippen LogP contribution in [0.2, 0.25) is 0 Å². The lowest BCUT2D eigenvalue weighted by Gasteiger charge is -2.34. The van der Waals surface area contributed by atoms with Crippen molar-refractivity contribution in [1.82, 2.24) is 10.2 Å². The van der Waals surface area contributed by atoms with Crippen molar-refractivity contribution in [2.75, 3.05) is 38.0 Å². The summed E-state index contributed by atoms with van der Waals surface area (Å²) in [6, 6.07) is 2.27. The lowest BCUT2D eigenvalue weighted by atomic mass is 10.1. The lowest BCUT2D eigenvalue weighted by molar-refractivity contribution is -0.384. The van der Waals surface area contributed by atoms with E-state index in [-0.39, 0.29) is 43.4 Å². The number of rotatable bonds is 7. The van der Waals surface area contributed by atoms with Gasteiger partial charge < -0.3 is 15.4 Å². The summed E-state index contributed by atoms with van der Waals surface area (Å²) in [5, 5.41) is 16.4. The molecular formula is C17H23F3N4O4. The van der Waals surface area contributed by atoms with Gasteiger partial charge in [0.1, 0.15) is 5.69 Å². The number of carbonyl (C=O) groups is 1. The van der Waals surface area contributed by atoms with Crippen LogP contribution in [0.5, 0.6) is 0 Å². The second-order valence-electron chi connectivity index (χ2n) is 6.71. The van der Waals surface area contributed by atoms with Crippen LogP contribution in [0.3, 0.4) is 0 Å². The number of amides is 1. The quantitative estimate of drug-likeness (QED) is 0.411. The molecule has 11 heteroatoms. The van der Waals surface area contributed by atoms with E-state index in [9.17, 15) is 28.1 Å². The van der Waals surface area contributed by atoms with Gasteiger partial charge in [-0.25, -0.2) is 0 Å². The van der Waals surface area contributed by atoms with E-state index < -0.39 is 22.4 Å². The Morgan fingerprint density at radius 1 is 1.29 bits per heavy atom. The molecule has 0 spiro atoms. The van der Waals surface area contributed by atoms with Crippen LogP contribution in [-0.4, -0.2) is 60.7 Å². The molecule has 2 rings (SSSR count). The van der Waals surface area contributed by atoms with Gasteiger partial charge in [0, 0.05) is 32.2 Å². The van der Waals surface area contributed by atoms with Gasteiger partial charge in [0.05, 0.1) is 29.2 Å². The molecule has 0 bridgehead atoms. The monoisotopic (exact) mass is 404 g/mol. The summed E-state index contributed by atoms with van der Waals surface area (Å²) >= 11 is 0. The molecule has 1 saturated heterocycles. The summed E-state index contributed by atoms with van der Waals surface area (Å²) in [6.45, 7) is 5.67. The highest BCUT2D eigenvalue weighted by Crippen LogP contribution is 2.34. The summed E-state index contributed by atoms with van der Waals surface area (Å²) in [6.07, 6.45) is -4.58. The number of benzene rings is 1. The number of nitrogens with one attached hydrogen (secondary N) is 2. The number of hydrogen-bond acceptors (Lipinski definition) is 6. The van der Waals surface area contributed by atoms with Crippen LogP contribution in [-0.2, 0) is 15.7 Å². The fraction of sp³-hybridized carbons (Fsp3) is 0.588. The van der Waals surface area contributed by atoms with Crippen molar-refractivity contribution in [3.8, 4) is 0 Å². The van der Waals surface area contributed by atoms with E-state index in [4.69, 9.17) is 4.74 Å². The van der Waals surface area contributed by atoms with Crippen molar-refractivity contribution in [3.05, 3.63) is 33.9 Å². The molecule has 0 saturated carbocycles. The van der Waals surface area contributed by atoms with E-state index in [2.05, 4.69) is 10.6 Å². The van der Waals surface area contributed by atoms with E-state index in [1.54, 1.807) is 0 Å². The average molecular weight is 404 g/mol. The number of morpholine rings is 1. The largest absolute Gasteiger partial charge is 0.416 e. The molecule has 1 fully saturated rings. The first-order chi connectivity index (χ1) is 13.1. The SMILES string of the molecule is C[C@@H]1CN(CC(=O)NCCNc2ccc(C(F)(F)F)cc2[N+](=O)[O-])C[C@@H](C)O1. The topological polar surface area (TPSA) is 96.7 Å². The van der Waals surface area contributed by atoms with E-state index in [0.717, 1.165) is 12.1 Å². The van der Waals surface area contributed by atoms with Crippen molar-refractivity contribution in [2.45, 2.75) is 32.2 Å². The predicted molar refractivity (Wildman–Crippen MR) is 96.0 cm³/mol. The van der Waals surface area contributed by atoms with Gasteiger partial charge in [-0.15, -0.1) is 0 Å². The summed E-state index contributed by atoms with van der Waals surface area (Å²) in [5.41, 5.74) is -1.80. The Morgan fingerprint density at radius 3 is 2.50 bits per heavy atom. The molecule has 0 aromatic heterocycles. The van der Waals surface area contributed by atoms with Gasteiger partial charge in [0.15, 0.2) is 0 Å². The Morgan fingerprint density at radius 2 is 1.93 bits per heavy atom. The Balaban J connectivity index is 1.83. The molecule has 1 aliphatic rings. The number of nitro groups is 1. The molecule has 1 aromatic carbocycles. The van der Waals surface area contributed by atoms with Crippen molar-refractivity contribution in [3.63, 3.8) is 0 Å². The molecular weight excluding hydrogens is 381 g/mol. The molecule has 8 nitrogen and oxygen atoms in total. The Kier molecular flexibility index (Phi) is 7.19. The number of anilines is 1. The minimum atomic E-state index is -4.66. The van der Waals surface area contributed by atoms with Crippen LogP contribution in [0.1, 0.15) is 19.4 Å². The van der Waals surface area contributed by atoms with Crippen molar-refractivity contribution in [2.24, 2.45) is 0 Å². The van der Waals surface area contributed by atoms with Crippen LogP contribution in [0.15, 0.2) is 18.2 Å². The third kappa shape index (κ3) is 6.34.